The molecule has 1 heterocycles. The summed E-state index contributed by atoms with van der Waals surface area (Å²) in [6.45, 7) is 6.01. The van der Waals surface area contributed by atoms with E-state index in [1.807, 2.05) is 32.0 Å². The van der Waals surface area contributed by atoms with Crippen molar-refractivity contribution in [1.29, 1.82) is 0 Å². The van der Waals surface area contributed by atoms with Crippen molar-refractivity contribution in [3.05, 3.63) is 40.8 Å². The lowest BCUT2D eigenvalue weighted by Crippen LogP contribution is -1.89. The summed E-state index contributed by atoms with van der Waals surface area (Å²) in [5, 5.41) is 3.96. The average molecular weight is 248 g/mol. The highest BCUT2D eigenvalue weighted by molar-refractivity contribution is 7.98. The van der Waals surface area contributed by atoms with Gasteiger partial charge in [-0.25, -0.2) is 0 Å². The van der Waals surface area contributed by atoms with E-state index in [1.54, 1.807) is 11.8 Å². The maximum absolute atomic E-state index is 5.79. The molecule has 1 aromatic carbocycles. The Morgan fingerprint density at radius 3 is 2.71 bits per heavy atom. The molecule has 90 valence electrons. The van der Waals surface area contributed by atoms with Crippen molar-refractivity contribution in [3.8, 4) is 0 Å². The fraction of sp³-hybridized carbons (Fsp3) is 0.308. The van der Waals surface area contributed by atoms with Gasteiger partial charge in [-0.15, -0.1) is 11.8 Å². The molecule has 0 atom stereocenters. The zero-order valence-electron chi connectivity index (χ0n) is 10.3. The molecule has 0 aliphatic carbocycles. The van der Waals surface area contributed by atoms with Crippen LogP contribution in [-0.4, -0.2) is 5.16 Å². The highest BCUT2D eigenvalue weighted by atomic mass is 32.2. The van der Waals surface area contributed by atoms with Crippen LogP contribution in [0.3, 0.4) is 0 Å². The third-order valence-corrected chi connectivity index (χ3v) is 3.95. The lowest BCUT2D eigenvalue weighted by atomic mass is 10.2. The number of thioether (sulfide) groups is 1. The van der Waals surface area contributed by atoms with Crippen LogP contribution in [0.4, 0.5) is 5.69 Å². The zero-order chi connectivity index (χ0) is 12.4. The highest BCUT2D eigenvalue weighted by Crippen LogP contribution is 2.29. The largest absolute Gasteiger partial charge is 0.399 e. The Hall–Kier alpha value is -1.42. The Balaban J connectivity index is 2.15. The maximum atomic E-state index is 5.79. The van der Waals surface area contributed by atoms with Gasteiger partial charge in [-0.2, -0.15) is 0 Å². The molecule has 0 saturated carbocycles. The van der Waals surface area contributed by atoms with E-state index in [9.17, 15) is 0 Å². The average Bonchev–Trinajstić information content (AvgIpc) is 2.61. The van der Waals surface area contributed by atoms with Crippen molar-refractivity contribution in [2.75, 3.05) is 5.73 Å². The molecule has 0 bridgehead atoms. The van der Waals surface area contributed by atoms with E-state index < -0.39 is 0 Å². The number of nitrogen functional groups attached to an aromatic ring is 1. The highest BCUT2D eigenvalue weighted by Gasteiger charge is 2.10. The Bertz CT molecular complexity index is 515. The second-order valence-corrected chi connectivity index (χ2v) is 5.13. The van der Waals surface area contributed by atoms with Gasteiger partial charge in [-0.3, -0.25) is 0 Å². The van der Waals surface area contributed by atoms with Gasteiger partial charge < -0.3 is 10.3 Å². The van der Waals surface area contributed by atoms with Gasteiger partial charge in [0.1, 0.15) is 5.76 Å². The molecular formula is C13H16N2OS. The minimum atomic E-state index is 0.803. The van der Waals surface area contributed by atoms with E-state index in [2.05, 4.69) is 12.1 Å². The first-order valence-corrected chi connectivity index (χ1v) is 6.47. The summed E-state index contributed by atoms with van der Waals surface area (Å²) in [6, 6.07) is 5.98. The molecule has 0 fully saturated rings. The van der Waals surface area contributed by atoms with E-state index >= 15 is 0 Å². The maximum Gasteiger partial charge on any atom is 0.137 e. The SMILES string of the molecule is Cc1ccc(N)cc1SCc1c(C)noc1C. The van der Waals surface area contributed by atoms with E-state index in [0.29, 0.717) is 0 Å². The van der Waals surface area contributed by atoms with Gasteiger partial charge in [0.2, 0.25) is 0 Å². The van der Waals surface area contributed by atoms with Crippen LogP contribution >= 0.6 is 11.8 Å². The molecule has 3 nitrogen and oxygen atoms in total. The third-order valence-electron chi connectivity index (χ3n) is 2.77. The zero-order valence-corrected chi connectivity index (χ0v) is 11.1. The molecule has 1 aromatic heterocycles. The fourth-order valence-corrected chi connectivity index (χ4v) is 2.86. The summed E-state index contributed by atoms with van der Waals surface area (Å²) < 4.78 is 5.15. The van der Waals surface area contributed by atoms with Gasteiger partial charge in [-0.1, -0.05) is 11.2 Å². The fourth-order valence-electron chi connectivity index (χ4n) is 1.63. The van der Waals surface area contributed by atoms with E-state index in [0.717, 1.165) is 22.9 Å². The first-order valence-electron chi connectivity index (χ1n) is 5.48. The molecule has 17 heavy (non-hydrogen) atoms. The van der Waals surface area contributed by atoms with Crippen LogP contribution in [0.15, 0.2) is 27.6 Å². The predicted octanol–water partition coefficient (Wildman–Crippen LogP) is 3.47. The van der Waals surface area contributed by atoms with E-state index in [4.69, 9.17) is 10.3 Å². The van der Waals surface area contributed by atoms with Crippen LogP contribution in [0.5, 0.6) is 0 Å². The van der Waals surface area contributed by atoms with Gasteiger partial charge in [-0.05, 0) is 38.5 Å². The van der Waals surface area contributed by atoms with Crippen molar-refractivity contribution in [3.63, 3.8) is 0 Å². The first-order chi connectivity index (χ1) is 8.08. The van der Waals surface area contributed by atoms with Crippen molar-refractivity contribution >= 4 is 17.4 Å². The number of aromatic nitrogens is 1. The molecule has 2 rings (SSSR count). The summed E-state index contributed by atoms with van der Waals surface area (Å²) in [6.07, 6.45) is 0. The molecule has 0 unspecified atom stereocenters. The van der Waals surface area contributed by atoms with Gasteiger partial charge in [0.15, 0.2) is 0 Å². The van der Waals surface area contributed by atoms with Crippen molar-refractivity contribution in [2.24, 2.45) is 0 Å². The number of rotatable bonds is 3. The number of anilines is 1. The van der Waals surface area contributed by atoms with Crippen LogP contribution in [0.1, 0.15) is 22.6 Å². The van der Waals surface area contributed by atoms with Crippen LogP contribution in [-0.2, 0) is 5.75 Å². The number of aryl methyl sites for hydroxylation is 3. The van der Waals surface area contributed by atoms with Crippen LogP contribution in [0.2, 0.25) is 0 Å². The summed E-state index contributed by atoms with van der Waals surface area (Å²) in [4.78, 5) is 1.21. The monoisotopic (exact) mass is 248 g/mol. The molecule has 0 spiro atoms. The minimum absolute atomic E-state index is 0.803. The number of nitrogens with two attached hydrogens (primary N) is 1. The molecule has 2 aromatic rings. The Kier molecular flexibility index (Phi) is 3.43. The second-order valence-electron chi connectivity index (χ2n) is 4.12. The smallest absolute Gasteiger partial charge is 0.137 e. The lowest BCUT2D eigenvalue weighted by Gasteiger charge is -2.06. The minimum Gasteiger partial charge on any atom is -0.399 e. The summed E-state index contributed by atoms with van der Waals surface area (Å²) >= 11 is 1.77. The second kappa shape index (κ2) is 4.84. The third kappa shape index (κ3) is 2.64. The summed E-state index contributed by atoms with van der Waals surface area (Å²) in [7, 11) is 0. The van der Waals surface area contributed by atoms with Gasteiger partial charge in [0, 0.05) is 21.9 Å². The van der Waals surface area contributed by atoms with Gasteiger partial charge in [0.05, 0.1) is 5.69 Å². The number of hydrogen-bond donors (Lipinski definition) is 1. The predicted molar refractivity (Wildman–Crippen MR) is 71.1 cm³/mol. The van der Waals surface area contributed by atoms with Gasteiger partial charge in [0.25, 0.3) is 0 Å². The topological polar surface area (TPSA) is 52.0 Å². The molecule has 0 aliphatic heterocycles. The quantitative estimate of drug-likeness (QED) is 0.667. The summed E-state index contributed by atoms with van der Waals surface area (Å²) in [5.41, 5.74) is 9.99. The van der Waals surface area contributed by atoms with Crippen molar-refractivity contribution in [1.82, 2.24) is 5.16 Å². The van der Waals surface area contributed by atoms with E-state index in [1.165, 1.54) is 16.0 Å². The number of benzene rings is 1. The number of hydrogen-bond acceptors (Lipinski definition) is 4. The molecule has 0 radical (unpaired) electrons. The molecule has 0 aliphatic rings. The normalized spacial score (nSPS) is 10.8. The van der Waals surface area contributed by atoms with Gasteiger partial charge >= 0.3 is 0 Å². The van der Waals surface area contributed by atoms with E-state index in [-0.39, 0.29) is 0 Å². The summed E-state index contributed by atoms with van der Waals surface area (Å²) in [5.74, 6) is 1.77. The van der Waals surface area contributed by atoms with Crippen LogP contribution in [0.25, 0.3) is 0 Å². The molecular weight excluding hydrogens is 232 g/mol. The van der Waals surface area contributed by atoms with Crippen molar-refractivity contribution in [2.45, 2.75) is 31.4 Å². The van der Waals surface area contributed by atoms with Crippen LogP contribution < -0.4 is 5.73 Å². The molecule has 0 saturated heterocycles. The number of nitrogens with zero attached hydrogens (tertiary/aromatic N) is 1. The standard InChI is InChI=1S/C13H16N2OS/c1-8-4-5-11(14)6-13(8)17-7-12-9(2)15-16-10(12)3/h4-6H,7,14H2,1-3H3. The Labute approximate surface area is 105 Å². The molecule has 4 heteroatoms. The first kappa shape index (κ1) is 12.0. The molecule has 2 N–H and O–H groups in total. The van der Waals surface area contributed by atoms with Crippen LogP contribution in [0, 0.1) is 20.8 Å². The van der Waals surface area contributed by atoms with Crippen molar-refractivity contribution < 1.29 is 4.52 Å². The Morgan fingerprint density at radius 2 is 2.06 bits per heavy atom. The Morgan fingerprint density at radius 1 is 1.29 bits per heavy atom. The lowest BCUT2D eigenvalue weighted by molar-refractivity contribution is 0.392. The molecule has 0 amide bonds.